The lowest BCUT2D eigenvalue weighted by atomic mass is 9.87. The van der Waals surface area contributed by atoms with Crippen molar-refractivity contribution in [3.05, 3.63) is 10.4 Å². The third kappa shape index (κ3) is 4.86. The highest BCUT2D eigenvalue weighted by Gasteiger charge is 2.48. The molecule has 0 aliphatic carbocycles. The summed E-state index contributed by atoms with van der Waals surface area (Å²) in [7, 11) is 0. The quantitative estimate of drug-likeness (QED) is 0.302. The molecule has 12 heteroatoms. The zero-order valence-electron chi connectivity index (χ0n) is 15.2. The Kier molecular flexibility index (Phi) is 6.24. The van der Waals surface area contributed by atoms with Crippen LogP contribution in [0.15, 0.2) is 5.11 Å². The van der Waals surface area contributed by atoms with Crippen molar-refractivity contribution in [3.8, 4) is 0 Å². The first-order chi connectivity index (χ1) is 12.7. The number of nitrogens with one attached hydrogen (secondary N) is 1. The maximum Gasteiger partial charge on any atom is 0.326 e. The van der Waals surface area contributed by atoms with E-state index in [-0.39, 0.29) is 26.1 Å². The second-order valence-corrected chi connectivity index (χ2v) is 6.65. The Morgan fingerprint density at radius 3 is 2.70 bits per heavy atom. The summed E-state index contributed by atoms with van der Waals surface area (Å²) in [6.45, 7) is 3.70. The zero-order chi connectivity index (χ0) is 20.2. The van der Waals surface area contributed by atoms with Crippen LogP contribution in [0.25, 0.3) is 10.4 Å². The fourth-order valence-corrected chi connectivity index (χ4v) is 2.96. The normalized spacial score (nSPS) is 30.3. The topological polar surface area (TPSA) is 160 Å². The van der Waals surface area contributed by atoms with Crippen molar-refractivity contribution < 1.29 is 33.4 Å². The highest BCUT2D eigenvalue weighted by atomic mass is 16.6. The molecular weight excluding hydrogens is 362 g/mol. The second-order valence-electron chi connectivity index (χ2n) is 6.65. The number of imide groups is 1. The van der Waals surface area contributed by atoms with Crippen LogP contribution < -0.4 is 5.32 Å². The number of azide groups is 1. The minimum atomic E-state index is -1.13. The molecule has 0 bridgehead atoms. The number of ether oxygens (including phenoxy) is 3. The molecule has 2 aliphatic rings. The van der Waals surface area contributed by atoms with E-state index in [4.69, 9.17) is 19.7 Å². The van der Waals surface area contributed by atoms with Crippen LogP contribution in [0.1, 0.15) is 27.2 Å². The number of carbonyl (C=O) groups excluding carboxylic acids is 4. The number of hydrogen-bond acceptors (Lipinski definition) is 8. The van der Waals surface area contributed by atoms with E-state index in [1.54, 1.807) is 6.92 Å². The van der Waals surface area contributed by atoms with Gasteiger partial charge in [-0.2, -0.15) is 0 Å². The second kappa shape index (κ2) is 8.23. The van der Waals surface area contributed by atoms with E-state index in [0.717, 1.165) is 0 Å². The van der Waals surface area contributed by atoms with Crippen LogP contribution in [0.2, 0.25) is 0 Å². The summed E-state index contributed by atoms with van der Waals surface area (Å²) in [6, 6.07) is -0.668. The van der Waals surface area contributed by atoms with Gasteiger partial charge in [-0.1, -0.05) is 5.11 Å². The molecule has 0 aromatic heterocycles. The molecule has 1 unspecified atom stereocenters. The number of rotatable bonds is 6. The number of hydrogen-bond donors (Lipinski definition) is 1. The molecule has 3 amide bonds. The molecule has 2 heterocycles. The molecule has 2 fully saturated rings. The van der Waals surface area contributed by atoms with Crippen molar-refractivity contribution in [3.63, 3.8) is 0 Å². The van der Waals surface area contributed by atoms with Crippen LogP contribution in [-0.2, 0) is 28.6 Å². The highest BCUT2D eigenvalue weighted by Crippen LogP contribution is 2.31. The summed E-state index contributed by atoms with van der Waals surface area (Å²) in [6.07, 6.45) is -2.14. The van der Waals surface area contributed by atoms with Crippen LogP contribution in [0, 0.1) is 5.41 Å². The fourth-order valence-electron chi connectivity index (χ4n) is 2.96. The summed E-state index contributed by atoms with van der Waals surface area (Å²) < 4.78 is 15.9. The molecule has 148 valence electrons. The van der Waals surface area contributed by atoms with Gasteiger partial charge >= 0.3 is 18.0 Å². The number of esters is 2. The van der Waals surface area contributed by atoms with E-state index in [9.17, 15) is 19.2 Å². The number of urea groups is 1. The predicted octanol–water partition coefficient (Wildman–Crippen LogP) is 0.465. The first-order valence-corrected chi connectivity index (χ1v) is 8.25. The smallest absolute Gasteiger partial charge is 0.326 e. The molecular formula is C15H21N5O7. The number of nitrogens with zero attached hydrogens (tertiary/aromatic N) is 4. The summed E-state index contributed by atoms with van der Waals surface area (Å²) in [4.78, 5) is 50.7. The molecule has 2 saturated heterocycles. The number of carbonyl (C=O) groups is 4. The Labute approximate surface area is 154 Å². The molecule has 0 saturated carbocycles. The van der Waals surface area contributed by atoms with Gasteiger partial charge in [-0.05, 0) is 12.5 Å². The summed E-state index contributed by atoms with van der Waals surface area (Å²) in [5.74, 6) is -1.61. The molecule has 1 N–H and O–H groups in total. The van der Waals surface area contributed by atoms with Gasteiger partial charge in [-0.3, -0.25) is 24.6 Å². The minimum absolute atomic E-state index is 0.0472. The summed E-state index contributed by atoms with van der Waals surface area (Å²) in [5.41, 5.74) is 7.39. The van der Waals surface area contributed by atoms with Gasteiger partial charge in [0.2, 0.25) is 5.91 Å². The van der Waals surface area contributed by atoms with Gasteiger partial charge in [-0.25, -0.2) is 4.79 Å². The Morgan fingerprint density at radius 1 is 1.41 bits per heavy atom. The molecule has 4 atom stereocenters. The van der Waals surface area contributed by atoms with Crippen molar-refractivity contribution in [2.24, 2.45) is 10.5 Å². The Bertz CT molecular complexity index is 692. The van der Waals surface area contributed by atoms with E-state index in [0.29, 0.717) is 0 Å². The highest BCUT2D eigenvalue weighted by molar-refractivity contribution is 6.00. The first kappa shape index (κ1) is 20.5. The largest absolute Gasteiger partial charge is 0.463 e. The molecule has 2 aliphatic heterocycles. The molecule has 0 spiro atoms. The van der Waals surface area contributed by atoms with Crippen molar-refractivity contribution in [2.75, 3.05) is 19.7 Å². The Hall–Kier alpha value is -2.85. The molecule has 2 rings (SSSR count). The fraction of sp³-hybridized carbons (Fsp3) is 0.733. The Balaban J connectivity index is 2.15. The minimum Gasteiger partial charge on any atom is -0.463 e. The van der Waals surface area contributed by atoms with Gasteiger partial charge in [0.15, 0.2) is 0 Å². The van der Waals surface area contributed by atoms with Crippen LogP contribution in [0.5, 0.6) is 0 Å². The van der Waals surface area contributed by atoms with Gasteiger partial charge < -0.3 is 14.2 Å². The summed E-state index contributed by atoms with van der Waals surface area (Å²) >= 11 is 0. The van der Waals surface area contributed by atoms with Crippen molar-refractivity contribution in [1.82, 2.24) is 10.2 Å². The van der Waals surface area contributed by atoms with Crippen molar-refractivity contribution in [2.45, 2.75) is 45.6 Å². The van der Waals surface area contributed by atoms with Crippen molar-refractivity contribution in [1.29, 1.82) is 0 Å². The molecule has 0 aromatic rings. The lowest BCUT2D eigenvalue weighted by Gasteiger charge is -2.40. The monoisotopic (exact) mass is 383 g/mol. The van der Waals surface area contributed by atoms with Crippen LogP contribution >= 0.6 is 0 Å². The lowest BCUT2D eigenvalue weighted by Crippen LogP contribution is -2.62. The van der Waals surface area contributed by atoms with Gasteiger partial charge in [-0.15, -0.1) is 0 Å². The van der Waals surface area contributed by atoms with Crippen LogP contribution in [0.4, 0.5) is 4.79 Å². The standard InChI is InChI=1S/C15H21N5O7/c1-8(21)25-5-11-10(26-9(2)22)4-12(27-11)20-7-15(3,6-17-19-16)13(23)18-14(20)24/h10-12H,4-7H2,1-3H3,(H,18,23,24)/t10-,11+,12+,15?/m0/s1. The van der Waals surface area contributed by atoms with E-state index < -0.39 is 47.7 Å². The maximum absolute atomic E-state index is 12.3. The van der Waals surface area contributed by atoms with E-state index in [1.807, 2.05) is 0 Å². The average molecular weight is 383 g/mol. The molecule has 0 radical (unpaired) electrons. The first-order valence-electron chi connectivity index (χ1n) is 8.25. The van der Waals surface area contributed by atoms with E-state index >= 15 is 0 Å². The number of amides is 3. The van der Waals surface area contributed by atoms with Crippen LogP contribution in [0.3, 0.4) is 0 Å². The third-order valence-corrected chi connectivity index (χ3v) is 4.33. The van der Waals surface area contributed by atoms with E-state index in [2.05, 4.69) is 15.3 Å². The molecule has 0 aromatic carbocycles. The predicted molar refractivity (Wildman–Crippen MR) is 87.8 cm³/mol. The van der Waals surface area contributed by atoms with Gasteiger partial charge in [0.1, 0.15) is 25.0 Å². The average Bonchev–Trinajstić information content (AvgIpc) is 2.96. The van der Waals surface area contributed by atoms with Crippen molar-refractivity contribution >= 4 is 23.9 Å². The van der Waals surface area contributed by atoms with Gasteiger partial charge in [0, 0.05) is 38.3 Å². The SMILES string of the molecule is CC(=O)OC[C@H]1O[C@@H](N2CC(C)(CN=[N+]=[N-])C(=O)NC2=O)C[C@@H]1OC(C)=O. The van der Waals surface area contributed by atoms with E-state index in [1.165, 1.54) is 18.7 Å². The zero-order valence-corrected chi connectivity index (χ0v) is 15.2. The lowest BCUT2D eigenvalue weighted by molar-refractivity contribution is -0.157. The van der Waals surface area contributed by atoms with Gasteiger partial charge in [0.25, 0.3) is 0 Å². The maximum atomic E-state index is 12.3. The van der Waals surface area contributed by atoms with Gasteiger partial charge in [0.05, 0.1) is 5.41 Å². The summed E-state index contributed by atoms with van der Waals surface area (Å²) in [5, 5.41) is 5.65. The third-order valence-electron chi connectivity index (χ3n) is 4.33. The Morgan fingerprint density at radius 2 is 2.11 bits per heavy atom. The molecule has 12 nitrogen and oxygen atoms in total. The molecule has 27 heavy (non-hydrogen) atoms. The van der Waals surface area contributed by atoms with Crippen LogP contribution in [-0.4, -0.2) is 66.9 Å².